The first-order valence-corrected chi connectivity index (χ1v) is 7.22. The van der Waals surface area contributed by atoms with E-state index in [1.807, 2.05) is 6.07 Å². The van der Waals surface area contributed by atoms with Gasteiger partial charge in [0.25, 0.3) is 0 Å². The van der Waals surface area contributed by atoms with Crippen LogP contribution in [0, 0.1) is 5.92 Å². The zero-order valence-corrected chi connectivity index (χ0v) is 12.2. The molecule has 1 aromatic rings. The molecule has 2 rings (SSSR count). The molecule has 0 spiro atoms. The molecule has 0 radical (unpaired) electrons. The molecular weight excluding hydrogens is 238 g/mol. The lowest BCUT2D eigenvalue weighted by molar-refractivity contribution is 0.351. The van der Waals surface area contributed by atoms with Crippen LogP contribution in [0.15, 0.2) is 12.1 Å². The molecule has 0 atom stereocenters. The summed E-state index contributed by atoms with van der Waals surface area (Å²) >= 11 is 0. The lowest BCUT2D eigenvalue weighted by Gasteiger charge is -2.24. The molecule has 2 N–H and O–H groups in total. The second kappa shape index (κ2) is 6.29. The summed E-state index contributed by atoms with van der Waals surface area (Å²) in [6.45, 7) is 6.51. The molecule has 1 saturated heterocycles. The van der Waals surface area contributed by atoms with Gasteiger partial charge in [-0.3, -0.25) is 0 Å². The highest BCUT2D eigenvalue weighted by atomic mass is 16.5. The van der Waals surface area contributed by atoms with Gasteiger partial charge in [-0.05, 0) is 61.4 Å². The van der Waals surface area contributed by atoms with Crippen LogP contribution in [0.1, 0.15) is 43.7 Å². The van der Waals surface area contributed by atoms with Gasteiger partial charge in [0.1, 0.15) is 0 Å². The van der Waals surface area contributed by atoms with E-state index in [9.17, 15) is 5.11 Å². The van der Waals surface area contributed by atoms with Gasteiger partial charge in [0.2, 0.25) is 0 Å². The summed E-state index contributed by atoms with van der Waals surface area (Å²) in [6, 6.07) is 4.09. The minimum atomic E-state index is 0.324. The van der Waals surface area contributed by atoms with Crippen molar-refractivity contribution < 1.29 is 9.84 Å². The van der Waals surface area contributed by atoms with Crippen molar-refractivity contribution in [2.24, 2.45) is 5.92 Å². The molecule has 1 aromatic carbocycles. The SMILES string of the molecule is COc1cc(C(C)C)cc(CC2CCNCC2)c1O. The Kier molecular flexibility index (Phi) is 4.70. The normalized spacial score (nSPS) is 16.8. The van der Waals surface area contributed by atoms with Crippen molar-refractivity contribution in [3.05, 3.63) is 23.3 Å². The zero-order valence-electron chi connectivity index (χ0n) is 12.2. The van der Waals surface area contributed by atoms with Crippen LogP contribution in [0.5, 0.6) is 11.5 Å². The van der Waals surface area contributed by atoms with Gasteiger partial charge < -0.3 is 15.2 Å². The molecule has 0 saturated carbocycles. The van der Waals surface area contributed by atoms with Crippen molar-refractivity contribution >= 4 is 0 Å². The first-order chi connectivity index (χ1) is 9.11. The maximum Gasteiger partial charge on any atom is 0.161 e. The molecule has 0 amide bonds. The van der Waals surface area contributed by atoms with E-state index in [2.05, 4.69) is 25.2 Å². The number of ether oxygens (including phenoxy) is 1. The number of hydrogen-bond acceptors (Lipinski definition) is 3. The lowest BCUT2D eigenvalue weighted by Crippen LogP contribution is -2.28. The van der Waals surface area contributed by atoms with E-state index in [1.165, 1.54) is 18.4 Å². The topological polar surface area (TPSA) is 41.5 Å². The van der Waals surface area contributed by atoms with E-state index >= 15 is 0 Å². The quantitative estimate of drug-likeness (QED) is 0.877. The highest BCUT2D eigenvalue weighted by molar-refractivity contribution is 5.49. The Balaban J connectivity index is 2.24. The van der Waals surface area contributed by atoms with E-state index in [0.717, 1.165) is 25.1 Å². The Bertz CT molecular complexity index is 423. The van der Waals surface area contributed by atoms with Crippen molar-refractivity contribution in [2.45, 2.75) is 39.0 Å². The summed E-state index contributed by atoms with van der Waals surface area (Å²) in [4.78, 5) is 0. The minimum Gasteiger partial charge on any atom is -0.504 e. The molecule has 0 aliphatic carbocycles. The molecule has 19 heavy (non-hydrogen) atoms. The average molecular weight is 263 g/mol. The third kappa shape index (κ3) is 3.41. The van der Waals surface area contributed by atoms with Gasteiger partial charge in [-0.25, -0.2) is 0 Å². The van der Waals surface area contributed by atoms with Crippen molar-refractivity contribution in [2.75, 3.05) is 20.2 Å². The molecule has 0 aromatic heterocycles. The predicted octanol–water partition coefficient (Wildman–Crippen LogP) is 3.07. The Labute approximate surface area is 116 Å². The second-order valence-electron chi connectivity index (χ2n) is 5.78. The number of rotatable bonds is 4. The van der Waals surface area contributed by atoms with E-state index in [0.29, 0.717) is 23.3 Å². The standard InChI is InChI=1S/C16H25NO2/c1-11(2)13-9-14(16(18)15(10-13)19-3)8-12-4-6-17-7-5-12/h9-12,17-18H,4-8H2,1-3H3. The minimum absolute atomic E-state index is 0.324. The van der Waals surface area contributed by atoms with Gasteiger partial charge >= 0.3 is 0 Å². The Morgan fingerprint density at radius 1 is 1.32 bits per heavy atom. The molecular formula is C16H25NO2. The predicted molar refractivity (Wildman–Crippen MR) is 78.0 cm³/mol. The third-order valence-electron chi connectivity index (χ3n) is 4.03. The van der Waals surface area contributed by atoms with Crippen LogP contribution in [-0.2, 0) is 6.42 Å². The summed E-state index contributed by atoms with van der Waals surface area (Å²) < 4.78 is 5.30. The van der Waals surface area contributed by atoms with Gasteiger partial charge in [0, 0.05) is 0 Å². The van der Waals surface area contributed by atoms with Crippen LogP contribution in [0.4, 0.5) is 0 Å². The maximum atomic E-state index is 10.3. The van der Waals surface area contributed by atoms with Crippen LogP contribution < -0.4 is 10.1 Å². The van der Waals surface area contributed by atoms with Gasteiger partial charge in [-0.15, -0.1) is 0 Å². The molecule has 1 fully saturated rings. The Hall–Kier alpha value is -1.22. The summed E-state index contributed by atoms with van der Waals surface area (Å²) in [5.41, 5.74) is 2.27. The number of aromatic hydroxyl groups is 1. The Morgan fingerprint density at radius 3 is 2.58 bits per heavy atom. The number of nitrogens with one attached hydrogen (secondary N) is 1. The van der Waals surface area contributed by atoms with Crippen LogP contribution in [-0.4, -0.2) is 25.3 Å². The number of benzene rings is 1. The summed E-state index contributed by atoms with van der Waals surface area (Å²) in [5.74, 6) is 2.04. The van der Waals surface area contributed by atoms with Gasteiger partial charge in [-0.2, -0.15) is 0 Å². The van der Waals surface area contributed by atoms with Gasteiger partial charge in [-0.1, -0.05) is 19.9 Å². The fourth-order valence-electron chi connectivity index (χ4n) is 2.73. The van der Waals surface area contributed by atoms with E-state index < -0.39 is 0 Å². The lowest BCUT2D eigenvalue weighted by atomic mass is 9.88. The zero-order chi connectivity index (χ0) is 13.8. The van der Waals surface area contributed by atoms with E-state index in [1.54, 1.807) is 7.11 Å². The summed E-state index contributed by atoms with van der Waals surface area (Å²) in [7, 11) is 1.62. The van der Waals surface area contributed by atoms with Crippen molar-refractivity contribution in [1.29, 1.82) is 0 Å². The third-order valence-corrected chi connectivity index (χ3v) is 4.03. The molecule has 106 valence electrons. The second-order valence-corrected chi connectivity index (χ2v) is 5.78. The molecule has 1 heterocycles. The molecule has 1 aliphatic heterocycles. The fourth-order valence-corrected chi connectivity index (χ4v) is 2.73. The molecule has 0 unspecified atom stereocenters. The van der Waals surface area contributed by atoms with E-state index in [-0.39, 0.29) is 0 Å². The van der Waals surface area contributed by atoms with Crippen LogP contribution >= 0.6 is 0 Å². The largest absolute Gasteiger partial charge is 0.504 e. The summed E-state index contributed by atoms with van der Waals surface area (Å²) in [6.07, 6.45) is 3.33. The first kappa shape index (κ1) is 14.2. The number of hydrogen-bond donors (Lipinski definition) is 2. The Morgan fingerprint density at radius 2 is 2.00 bits per heavy atom. The first-order valence-electron chi connectivity index (χ1n) is 7.22. The van der Waals surface area contributed by atoms with Crippen LogP contribution in [0.2, 0.25) is 0 Å². The number of methoxy groups -OCH3 is 1. The summed E-state index contributed by atoms with van der Waals surface area (Å²) in [5, 5.41) is 13.7. The highest BCUT2D eigenvalue weighted by Crippen LogP contribution is 2.36. The highest BCUT2D eigenvalue weighted by Gasteiger charge is 2.18. The van der Waals surface area contributed by atoms with E-state index in [4.69, 9.17) is 4.74 Å². The fraction of sp³-hybridized carbons (Fsp3) is 0.625. The van der Waals surface area contributed by atoms with Crippen LogP contribution in [0.25, 0.3) is 0 Å². The van der Waals surface area contributed by atoms with Crippen molar-refractivity contribution in [1.82, 2.24) is 5.32 Å². The van der Waals surface area contributed by atoms with Crippen molar-refractivity contribution in [3.8, 4) is 11.5 Å². The molecule has 1 aliphatic rings. The monoisotopic (exact) mass is 263 g/mol. The van der Waals surface area contributed by atoms with Gasteiger partial charge in [0.05, 0.1) is 7.11 Å². The molecule has 3 heteroatoms. The number of piperidine rings is 1. The average Bonchev–Trinajstić information content (AvgIpc) is 2.42. The number of phenols is 1. The molecule has 0 bridgehead atoms. The van der Waals surface area contributed by atoms with Crippen molar-refractivity contribution in [3.63, 3.8) is 0 Å². The smallest absolute Gasteiger partial charge is 0.161 e. The van der Waals surface area contributed by atoms with Gasteiger partial charge in [0.15, 0.2) is 11.5 Å². The number of phenolic OH excluding ortho intramolecular Hbond substituents is 1. The molecule has 3 nitrogen and oxygen atoms in total. The van der Waals surface area contributed by atoms with Crippen LogP contribution in [0.3, 0.4) is 0 Å². The maximum absolute atomic E-state index is 10.3.